The minimum atomic E-state index is -0.541. The Balaban J connectivity index is 1.35. The molecule has 0 aliphatic carbocycles. The molecule has 2 aromatic carbocycles. The summed E-state index contributed by atoms with van der Waals surface area (Å²) in [6, 6.07) is 15.9. The van der Waals surface area contributed by atoms with Gasteiger partial charge in [0.25, 0.3) is 0 Å². The summed E-state index contributed by atoms with van der Waals surface area (Å²) in [4.78, 5) is 20.1. The van der Waals surface area contributed by atoms with E-state index in [2.05, 4.69) is 16.3 Å². The van der Waals surface area contributed by atoms with E-state index in [1.807, 2.05) is 70.2 Å². The van der Waals surface area contributed by atoms with Crippen molar-refractivity contribution in [3.05, 3.63) is 70.2 Å². The van der Waals surface area contributed by atoms with Crippen LogP contribution in [-0.4, -0.2) is 56.0 Å². The quantitative estimate of drug-likeness (QED) is 0.288. The lowest BCUT2D eigenvalue weighted by Crippen LogP contribution is -2.49. The number of aromatic nitrogens is 1. The van der Waals surface area contributed by atoms with Gasteiger partial charge in [-0.25, -0.2) is 4.98 Å². The fourth-order valence-electron chi connectivity index (χ4n) is 5.81. The zero-order valence-corrected chi connectivity index (χ0v) is 26.5. The topological polar surface area (TPSA) is 82.2 Å². The molecule has 0 saturated carbocycles. The van der Waals surface area contributed by atoms with Gasteiger partial charge < -0.3 is 29.2 Å². The van der Waals surface area contributed by atoms with E-state index in [1.165, 1.54) is 11.1 Å². The second kappa shape index (κ2) is 13.5. The molecule has 0 unspecified atom stereocenters. The van der Waals surface area contributed by atoms with Crippen molar-refractivity contribution in [2.45, 2.75) is 65.4 Å². The Morgan fingerprint density at radius 1 is 1.16 bits per heavy atom. The molecule has 2 atom stereocenters. The number of hydrogen-bond donors (Lipinski definition) is 1. The van der Waals surface area contributed by atoms with Crippen molar-refractivity contribution >= 4 is 23.4 Å². The maximum Gasteiger partial charge on any atom is 0.312 e. The molecule has 43 heavy (non-hydrogen) atoms. The molecule has 0 radical (unpaired) electrons. The van der Waals surface area contributed by atoms with Crippen LogP contribution in [-0.2, 0) is 33.8 Å². The highest BCUT2D eigenvalue weighted by molar-refractivity contribution is 6.32. The largest absolute Gasteiger partial charge is 0.496 e. The van der Waals surface area contributed by atoms with Gasteiger partial charge in [0, 0.05) is 37.4 Å². The first kappa shape index (κ1) is 31.1. The molecule has 3 heterocycles. The molecule has 230 valence electrons. The van der Waals surface area contributed by atoms with Crippen molar-refractivity contribution in [3.63, 3.8) is 0 Å². The van der Waals surface area contributed by atoms with Gasteiger partial charge >= 0.3 is 5.97 Å². The number of carbonyl (C=O) groups is 1. The summed E-state index contributed by atoms with van der Waals surface area (Å²) in [5, 5.41) is 3.93. The lowest BCUT2D eigenvalue weighted by atomic mass is 9.93. The number of piperidine rings is 1. The van der Waals surface area contributed by atoms with Crippen LogP contribution in [0.5, 0.6) is 11.5 Å². The third-order valence-electron chi connectivity index (χ3n) is 7.79. The molecule has 1 N–H and O–H groups in total. The van der Waals surface area contributed by atoms with Crippen LogP contribution in [0.2, 0.25) is 5.02 Å². The van der Waals surface area contributed by atoms with Crippen LogP contribution < -0.4 is 19.7 Å². The average Bonchev–Trinajstić information content (AvgIpc) is 2.99. The maximum atomic E-state index is 12.9. The number of nitrogens with zero attached hydrogens (tertiary/aromatic N) is 2. The molecular weight excluding hydrogens is 566 g/mol. The Hall–Kier alpha value is -3.33. The van der Waals surface area contributed by atoms with Crippen molar-refractivity contribution in [3.8, 4) is 22.8 Å². The van der Waals surface area contributed by atoms with E-state index in [0.717, 1.165) is 47.9 Å². The van der Waals surface area contributed by atoms with Crippen LogP contribution in [0, 0.1) is 5.92 Å². The zero-order chi connectivity index (χ0) is 30.6. The molecular formula is C34H42ClN3O5. The maximum absolute atomic E-state index is 12.9. The zero-order valence-electron chi connectivity index (χ0n) is 25.7. The first-order valence-corrected chi connectivity index (χ1v) is 15.4. The lowest BCUT2D eigenvalue weighted by Gasteiger charge is -2.38. The van der Waals surface area contributed by atoms with Gasteiger partial charge in [-0.3, -0.25) is 4.79 Å². The number of fused-ring (bicyclic) bond motifs is 1. The highest BCUT2D eigenvalue weighted by Gasteiger charge is 2.38. The third kappa shape index (κ3) is 7.43. The summed E-state index contributed by atoms with van der Waals surface area (Å²) in [6.45, 7) is 11.4. The molecule has 1 aromatic heterocycles. The first-order chi connectivity index (χ1) is 20.7. The molecule has 9 heteroatoms. The highest BCUT2D eigenvalue weighted by Crippen LogP contribution is 2.38. The highest BCUT2D eigenvalue weighted by atomic mass is 35.5. The Labute approximate surface area is 259 Å². The first-order valence-electron chi connectivity index (χ1n) is 15.0. The van der Waals surface area contributed by atoms with Crippen molar-refractivity contribution < 1.29 is 23.7 Å². The van der Waals surface area contributed by atoms with Crippen molar-refractivity contribution in [2.24, 2.45) is 5.92 Å². The number of pyridine rings is 1. The Bertz CT molecular complexity index is 1420. The van der Waals surface area contributed by atoms with Crippen LogP contribution in [0.3, 0.4) is 0 Å². The number of para-hydroxylation sites is 1. The molecule has 0 amide bonds. The summed E-state index contributed by atoms with van der Waals surface area (Å²) in [5.74, 6) is 1.75. The Kier molecular flexibility index (Phi) is 9.79. The van der Waals surface area contributed by atoms with E-state index in [0.29, 0.717) is 43.5 Å². The Morgan fingerprint density at radius 3 is 2.74 bits per heavy atom. The summed E-state index contributed by atoms with van der Waals surface area (Å²) < 4.78 is 23.8. The van der Waals surface area contributed by atoms with E-state index in [9.17, 15) is 4.79 Å². The number of carbonyl (C=O) groups excluding carboxylic acids is 1. The molecule has 0 spiro atoms. The van der Waals surface area contributed by atoms with Crippen molar-refractivity contribution in [2.75, 3.05) is 38.3 Å². The van der Waals surface area contributed by atoms with E-state index >= 15 is 0 Å². The predicted molar refractivity (Wildman–Crippen MR) is 169 cm³/mol. The fourth-order valence-corrected chi connectivity index (χ4v) is 6.04. The fraction of sp³-hybridized carbons (Fsp3) is 0.471. The molecule has 2 aliphatic heterocycles. The normalized spacial score (nSPS) is 18.6. The van der Waals surface area contributed by atoms with Crippen molar-refractivity contribution in [1.29, 1.82) is 0 Å². The van der Waals surface area contributed by atoms with Gasteiger partial charge in [0.2, 0.25) is 0 Å². The average molecular weight is 608 g/mol. The van der Waals surface area contributed by atoms with E-state index in [4.69, 9.17) is 35.5 Å². The van der Waals surface area contributed by atoms with Crippen molar-refractivity contribution in [1.82, 2.24) is 10.3 Å². The number of esters is 1. The van der Waals surface area contributed by atoms with Crippen LogP contribution in [0.1, 0.15) is 50.8 Å². The molecule has 0 bridgehead atoms. The number of ether oxygens (including phenoxy) is 4. The summed E-state index contributed by atoms with van der Waals surface area (Å²) in [7, 11) is 1.70. The van der Waals surface area contributed by atoms with Crippen LogP contribution in [0.15, 0.2) is 48.5 Å². The molecule has 5 rings (SSSR count). The van der Waals surface area contributed by atoms with Gasteiger partial charge in [-0.1, -0.05) is 29.8 Å². The van der Waals surface area contributed by atoms with Crippen LogP contribution in [0.25, 0.3) is 11.3 Å². The number of methoxy groups -OCH3 is 1. The number of benzene rings is 2. The molecule has 3 aromatic rings. The summed E-state index contributed by atoms with van der Waals surface area (Å²) >= 11 is 6.70. The molecule has 1 saturated heterocycles. The minimum Gasteiger partial charge on any atom is -0.496 e. The Morgan fingerprint density at radius 2 is 1.98 bits per heavy atom. The molecule has 8 nitrogen and oxygen atoms in total. The number of rotatable bonds is 9. The monoisotopic (exact) mass is 607 g/mol. The standard InChI is InChI=1S/C34H42ClN3O5/c1-6-41-30-20-38(16-14-25(30)33(39)43-34(2,3)4)31-12-8-11-28(37-31)24-9-7-10-27(35)32(24)42-21-22-17-23-13-15-36-19-26(23)29(18-22)40-5/h7-12,17-18,25,30,36H,6,13-16,19-21H2,1-5H3/t25-,30+/m0/s1. The third-order valence-corrected chi connectivity index (χ3v) is 8.09. The second-order valence-electron chi connectivity index (χ2n) is 12.0. The summed E-state index contributed by atoms with van der Waals surface area (Å²) in [5.41, 5.74) is 4.55. The lowest BCUT2D eigenvalue weighted by molar-refractivity contribution is -0.166. The van der Waals surface area contributed by atoms with E-state index in [1.54, 1.807) is 7.11 Å². The second-order valence-corrected chi connectivity index (χ2v) is 12.4. The predicted octanol–water partition coefficient (Wildman–Crippen LogP) is 6.21. The molecule has 1 fully saturated rings. The van der Waals surface area contributed by atoms with Gasteiger partial charge in [-0.2, -0.15) is 0 Å². The van der Waals surface area contributed by atoms with Crippen LogP contribution >= 0.6 is 11.6 Å². The molecule has 2 aliphatic rings. The minimum absolute atomic E-state index is 0.207. The number of nitrogens with one attached hydrogen (secondary N) is 1. The van der Waals surface area contributed by atoms with Gasteiger partial charge in [-0.15, -0.1) is 0 Å². The van der Waals surface area contributed by atoms with Crippen LogP contribution in [0.4, 0.5) is 5.82 Å². The van der Waals surface area contributed by atoms with Gasteiger partial charge in [-0.05, 0) is 88.5 Å². The van der Waals surface area contributed by atoms with E-state index < -0.39 is 5.60 Å². The van der Waals surface area contributed by atoms with Gasteiger partial charge in [0.15, 0.2) is 0 Å². The van der Waals surface area contributed by atoms with Gasteiger partial charge in [0.05, 0.1) is 29.8 Å². The number of halogens is 1. The van der Waals surface area contributed by atoms with Gasteiger partial charge in [0.1, 0.15) is 29.5 Å². The summed E-state index contributed by atoms with van der Waals surface area (Å²) in [6.07, 6.45) is 1.29. The smallest absolute Gasteiger partial charge is 0.312 e. The SMILES string of the molecule is CCO[C@@H]1CN(c2cccc(-c3cccc(Cl)c3OCc3cc4c(c(OC)c3)CNCC4)n2)CC[C@@H]1C(=O)OC(C)(C)C. The van der Waals surface area contributed by atoms with E-state index in [-0.39, 0.29) is 18.0 Å². The number of hydrogen-bond acceptors (Lipinski definition) is 8. The number of anilines is 1.